The van der Waals surface area contributed by atoms with Gasteiger partial charge in [-0.15, -0.1) is 0 Å². The maximum atomic E-state index is 6.86. The van der Waals surface area contributed by atoms with E-state index in [1.165, 1.54) is 11.1 Å². The molecule has 0 bridgehead atoms. The van der Waals surface area contributed by atoms with Gasteiger partial charge >= 0.3 is 0 Å². The zero-order valence-corrected chi connectivity index (χ0v) is 20.4. The van der Waals surface area contributed by atoms with Crippen molar-refractivity contribution >= 4 is 21.6 Å². The topological polar surface area (TPSA) is 9.23 Å². The third-order valence-corrected chi connectivity index (χ3v) is 13.1. The van der Waals surface area contributed by atoms with Gasteiger partial charge in [0.1, 0.15) is 0 Å². The maximum absolute atomic E-state index is 6.86. The van der Waals surface area contributed by atoms with Crippen LogP contribution in [0.3, 0.4) is 0 Å². The van der Waals surface area contributed by atoms with Gasteiger partial charge in [0, 0.05) is 0 Å². The minimum atomic E-state index is -1.76. The third kappa shape index (κ3) is 4.15. The average Bonchev–Trinajstić information content (AvgIpc) is 2.95. The summed E-state index contributed by atoms with van der Waals surface area (Å²) >= 11 is 0. The lowest BCUT2D eigenvalue weighted by Crippen LogP contribution is -2.44. The fourth-order valence-electron chi connectivity index (χ4n) is 3.95. The molecule has 3 heteroatoms. The van der Waals surface area contributed by atoms with Crippen molar-refractivity contribution in [2.45, 2.75) is 77.5 Å². The van der Waals surface area contributed by atoms with Crippen LogP contribution in [0.2, 0.25) is 37.8 Å². The van der Waals surface area contributed by atoms with Gasteiger partial charge in [-0.2, -0.15) is 0 Å². The van der Waals surface area contributed by atoms with Crippen LogP contribution in [0, 0.1) is 0 Å². The summed E-state index contributed by atoms with van der Waals surface area (Å²) in [4.78, 5) is 0. The molecule has 0 aliphatic heterocycles. The van der Waals surface area contributed by atoms with Crippen molar-refractivity contribution in [1.29, 1.82) is 0 Å². The second-order valence-corrected chi connectivity index (χ2v) is 20.4. The number of hydrogen-bond acceptors (Lipinski definition) is 1. The van der Waals surface area contributed by atoms with Crippen LogP contribution in [0.5, 0.6) is 0 Å². The normalized spacial score (nSPS) is 17.9. The first-order chi connectivity index (χ1) is 12.4. The second-order valence-electron chi connectivity index (χ2n) is 10.6. The summed E-state index contributed by atoms with van der Waals surface area (Å²) in [6.07, 6.45) is 2.48. The molecular formula is C24H36OSi2. The third-order valence-electron chi connectivity index (χ3n) is 6.46. The van der Waals surface area contributed by atoms with Crippen molar-refractivity contribution in [1.82, 2.24) is 0 Å². The molecule has 0 aromatic heterocycles. The Balaban J connectivity index is 2.02. The predicted octanol–water partition coefficient (Wildman–Crippen LogP) is 6.39. The fourth-order valence-corrected chi connectivity index (χ4v) is 7.05. The van der Waals surface area contributed by atoms with E-state index < -0.39 is 16.4 Å². The lowest BCUT2D eigenvalue weighted by Gasteiger charge is -2.38. The van der Waals surface area contributed by atoms with Crippen LogP contribution in [-0.2, 0) is 17.3 Å². The molecule has 0 amide bonds. The fraction of sp³-hybridized carbons (Fsp3) is 0.500. The summed E-state index contributed by atoms with van der Waals surface area (Å²) in [6, 6.07) is 15.7. The Morgan fingerprint density at radius 3 is 1.96 bits per heavy atom. The highest BCUT2D eigenvalue weighted by Gasteiger charge is 2.41. The van der Waals surface area contributed by atoms with E-state index in [4.69, 9.17) is 4.43 Å². The van der Waals surface area contributed by atoms with E-state index in [-0.39, 0.29) is 5.04 Å². The van der Waals surface area contributed by atoms with Crippen LogP contribution in [0.25, 0.3) is 11.1 Å². The molecule has 2 aromatic carbocycles. The van der Waals surface area contributed by atoms with Crippen LogP contribution in [0.15, 0.2) is 42.5 Å². The predicted molar refractivity (Wildman–Crippen MR) is 124 cm³/mol. The molecule has 0 saturated carbocycles. The minimum absolute atomic E-state index is 0.256. The van der Waals surface area contributed by atoms with Crippen molar-refractivity contribution in [3.63, 3.8) is 0 Å². The van der Waals surface area contributed by atoms with E-state index in [1.54, 1.807) is 16.3 Å². The zero-order valence-electron chi connectivity index (χ0n) is 18.4. The second kappa shape index (κ2) is 7.02. The molecule has 27 heavy (non-hydrogen) atoms. The van der Waals surface area contributed by atoms with E-state index in [0.29, 0.717) is 6.10 Å². The van der Waals surface area contributed by atoms with Crippen molar-refractivity contribution in [2.75, 3.05) is 0 Å². The Kier molecular flexibility index (Phi) is 5.35. The van der Waals surface area contributed by atoms with Crippen molar-refractivity contribution in [3.8, 4) is 11.1 Å². The van der Waals surface area contributed by atoms with Crippen LogP contribution in [-0.4, -0.2) is 22.5 Å². The van der Waals surface area contributed by atoms with Crippen LogP contribution >= 0.6 is 0 Å². The number of benzene rings is 2. The Hall–Kier alpha value is -1.17. The number of hydrogen-bond donors (Lipinski definition) is 0. The van der Waals surface area contributed by atoms with Crippen molar-refractivity contribution < 1.29 is 4.43 Å². The van der Waals surface area contributed by atoms with Gasteiger partial charge in [-0.3, -0.25) is 0 Å². The largest absolute Gasteiger partial charge is 0.413 e. The van der Waals surface area contributed by atoms with E-state index in [1.807, 2.05) is 0 Å². The van der Waals surface area contributed by atoms with Crippen LogP contribution < -0.4 is 5.19 Å². The van der Waals surface area contributed by atoms with E-state index in [2.05, 4.69) is 96.0 Å². The molecule has 3 rings (SSSR count). The molecule has 1 aliphatic carbocycles. The first-order valence-corrected chi connectivity index (χ1v) is 16.7. The van der Waals surface area contributed by atoms with Crippen LogP contribution in [0.1, 0.15) is 31.9 Å². The lowest BCUT2D eigenvalue weighted by atomic mass is 9.97. The Labute approximate surface area is 168 Å². The van der Waals surface area contributed by atoms with E-state index >= 15 is 0 Å². The van der Waals surface area contributed by atoms with Gasteiger partial charge in [0.15, 0.2) is 8.32 Å². The molecule has 1 nitrogen and oxygen atoms in total. The molecule has 146 valence electrons. The summed E-state index contributed by atoms with van der Waals surface area (Å²) in [5.74, 6) is 0. The van der Waals surface area contributed by atoms with Gasteiger partial charge < -0.3 is 4.43 Å². The van der Waals surface area contributed by atoms with Crippen LogP contribution in [0.4, 0.5) is 0 Å². The first kappa shape index (κ1) is 20.6. The average molecular weight is 397 g/mol. The molecular weight excluding hydrogens is 360 g/mol. The first-order valence-electron chi connectivity index (χ1n) is 10.3. The summed E-state index contributed by atoms with van der Waals surface area (Å²) in [6.45, 7) is 19.2. The SMILES string of the molecule is CC(C)(C)[Si](C)(C)OC1Cc2c(-c3ccccc3)ccc([Si](C)(C)C)c2C1. The quantitative estimate of drug-likeness (QED) is 0.544. The van der Waals surface area contributed by atoms with Gasteiger partial charge in [-0.1, -0.05) is 88.1 Å². The molecule has 2 aromatic rings. The van der Waals surface area contributed by atoms with E-state index in [0.717, 1.165) is 12.8 Å². The standard InChI is InChI=1S/C24H36OSi2/c1-24(2,3)27(7,8)25-19-16-21-20(18-12-10-9-11-13-18)14-15-23(22(21)17-19)26(4,5)6/h9-15,19H,16-17H2,1-8H3. The Morgan fingerprint density at radius 1 is 0.815 bits per heavy atom. The Morgan fingerprint density at radius 2 is 1.41 bits per heavy atom. The molecule has 0 spiro atoms. The molecule has 0 radical (unpaired) electrons. The van der Waals surface area contributed by atoms with Crippen molar-refractivity contribution in [3.05, 3.63) is 53.6 Å². The highest BCUT2D eigenvalue weighted by atomic mass is 28.4. The molecule has 0 heterocycles. The summed E-state index contributed by atoms with van der Waals surface area (Å²) in [7, 11) is -3.14. The van der Waals surface area contributed by atoms with Gasteiger partial charge in [-0.05, 0) is 53.2 Å². The molecule has 1 atom stereocenters. The maximum Gasteiger partial charge on any atom is 0.192 e. The number of rotatable bonds is 4. The molecule has 0 saturated heterocycles. The highest BCUT2D eigenvalue weighted by molar-refractivity contribution is 6.89. The molecule has 1 unspecified atom stereocenters. The Bertz CT molecular complexity index is 811. The van der Waals surface area contributed by atoms with Crippen molar-refractivity contribution in [2.24, 2.45) is 0 Å². The molecule has 0 fully saturated rings. The smallest absolute Gasteiger partial charge is 0.192 e. The minimum Gasteiger partial charge on any atom is -0.413 e. The number of fused-ring (bicyclic) bond motifs is 1. The summed E-state index contributed by atoms with van der Waals surface area (Å²) in [5, 5.41) is 1.88. The van der Waals surface area contributed by atoms with Gasteiger partial charge in [0.2, 0.25) is 0 Å². The molecule has 0 N–H and O–H groups in total. The van der Waals surface area contributed by atoms with Gasteiger partial charge in [0.25, 0.3) is 0 Å². The highest BCUT2D eigenvalue weighted by Crippen LogP contribution is 2.40. The summed E-state index contributed by atoms with van der Waals surface area (Å²) in [5.41, 5.74) is 5.89. The zero-order chi connectivity index (χ0) is 20.0. The van der Waals surface area contributed by atoms with Gasteiger partial charge in [0.05, 0.1) is 14.2 Å². The lowest BCUT2D eigenvalue weighted by molar-refractivity contribution is 0.192. The molecule has 1 aliphatic rings. The van der Waals surface area contributed by atoms with E-state index in [9.17, 15) is 0 Å². The van der Waals surface area contributed by atoms with Gasteiger partial charge in [-0.25, -0.2) is 0 Å². The monoisotopic (exact) mass is 396 g/mol. The summed E-state index contributed by atoms with van der Waals surface area (Å²) < 4.78 is 6.86.